The first-order valence-corrected chi connectivity index (χ1v) is 12.5. The number of nitrogens with zero attached hydrogens (tertiary/aromatic N) is 1. The van der Waals surface area contributed by atoms with E-state index in [9.17, 15) is 23.4 Å². The Hall–Kier alpha value is -2.43. The Kier molecular flexibility index (Phi) is 8.66. The van der Waals surface area contributed by atoms with Gasteiger partial charge in [-0.05, 0) is 51.4 Å². The lowest BCUT2D eigenvalue weighted by Gasteiger charge is -2.29. The fourth-order valence-electron chi connectivity index (χ4n) is 4.08. The van der Waals surface area contributed by atoms with E-state index in [1.165, 1.54) is 4.90 Å². The molecule has 4 atom stereocenters. The number of carbonyl (C=O) groups excluding carboxylic acids is 3. The second-order valence-corrected chi connectivity index (χ2v) is 10.0. The van der Waals surface area contributed by atoms with Gasteiger partial charge in [-0.3, -0.25) is 19.1 Å². The maximum absolute atomic E-state index is 13.1. The molecule has 0 aromatic carbocycles. The summed E-state index contributed by atoms with van der Waals surface area (Å²) >= 11 is 0. The first-order valence-electron chi connectivity index (χ1n) is 11.3. The Morgan fingerprint density at radius 3 is 2.56 bits per heavy atom. The van der Waals surface area contributed by atoms with E-state index in [-0.39, 0.29) is 11.7 Å². The molecule has 32 heavy (non-hydrogen) atoms. The van der Waals surface area contributed by atoms with E-state index in [0.29, 0.717) is 32.2 Å². The molecule has 1 aliphatic carbocycles. The van der Waals surface area contributed by atoms with Gasteiger partial charge in [0.1, 0.15) is 29.1 Å². The summed E-state index contributed by atoms with van der Waals surface area (Å²) in [7, 11) is -1.46. The first kappa shape index (κ1) is 24.2. The van der Waals surface area contributed by atoms with E-state index in [2.05, 4.69) is 15.4 Å². The van der Waals surface area contributed by atoms with E-state index >= 15 is 0 Å². The minimum Gasteiger partial charge on any atom is -0.465 e. The highest BCUT2D eigenvalue weighted by atomic mass is 32.2. The van der Waals surface area contributed by atoms with Gasteiger partial charge in [-0.1, -0.05) is 25.0 Å². The SMILES string of the molecule is O=C(O)N[C@H]1CCCCC/C=C\CC(C(=O)NS(=O)C2CC2)NC(=O)C2CCCN2C1=O. The lowest BCUT2D eigenvalue weighted by molar-refractivity contribution is -0.140. The molecule has 2 heterocycles. The highest BCUT2D eigenvalue weighted by molar-refractivity contribution is 7.84. The minimum absolute atomic E-state index is 0.0194. The van der Waals surface area contributed by atoms with E-state index in [4.69, 9.17) is 5.11 Å². The van der Waals surface area contributed by atoms with E-state index in [0.717, 1.165) is 32.1 Å². The molecule has 2 aliphatic heterocycles. The van der Waals surface area contributed by atoms with Crippen LogP contribution >= 0.6 is 0 Å². The predicted molar refractivity (Wildman–Crippen MR) is 118 cm³/mol. The number of amides is 4. The summed E-state index contributed by atoms with van der Waals surface area (Å²) in [5.74, 6) is -1.36. The maximum Gasteiger partial charge on any atom is 0.405 e. The lowest BCUT2D eigenvalue weighted by atomic mass is 10.1. The summed E-state index contributed by atoms with van der Waals surface area (Å²) < 4.78 is 14.6. The van der Waals surface area contributed by atoms with E-state index in [1.54, 1.807) is 0 Å². The Bertz CT molecular complexity index is 784. The largest absolute Gasteiger partial charge is 0.465 e. The highest BCUT2D eigenvalue weighted by Crippen LogP contribution is 2.25. The van der Waals surface area contributed by atoms with Gasteiger partial charge in [-0.15, -0.1) is 0 Å². The molecule has 0 aromatic rings. The van der Waals surface area contributed by atoms with Crippen LogP contribution in [0, 0.1) is 0 Å². The second kappa shape index (κ2) is 11.4. The molecule has 2 fully saturated rings. The second-order valence-electron chi connectivity index (χ2n) is 8.56. The summed E-state index contributed by atoms with van der Waals surface area (Å²) in [5.41, 5.74) is 0. The van der Waals surface area contributed by atoms with Crippen LogP contribution in [-0.2, 0) is 25.4 Å². The molecule has 4 N–H and O–H groups in total. The van der Waals surface area contributed by atoms with Crippen LogP contribution < -0.4 is 15.4 Å². The van der Waals surface area contributed by atoms with Gasteiger partial charge in [0.2, 0.25) is 11.8 Å². The molecule has 0 radical (unpaired) electrons. The van der Waals surface area contributed by atoms with Crippen molar-refractivity contribution in [2.24, 2.45) is 0 Å². The third-order valence-electron chi connectivity index (χ3n) is 6.00. The lowest BCUT2D eigenvalue weighted by Crippen LogP contribution is -2.56. The molecular formula is C21H32N4O6S. The molecule has 10 nitrogen and oxygen atoms in total. The number of carbonyl (C=O) groups is 4. The Labute approximate surface area is 190 Å². The zero-order chi connectivity index (χ0) is 23.1. The smallest absolute Gasteiger partial charge is 0.405 e. The molecule has 0 bridgehead atoms. The summed E-state index contributed by atoms with van der Waals surface area (Å²) in [4.78, 5) is 51.4. The molecule has 178 valence electrons. The predicted octanol–water partition coefficient (Wildman–Crippen LogP) is 0.951. The molecule has 11 heteroatoms. The standard InChI is InChI=1S/C21H32N4O6S/c26-18(24-32(31)14-11-12-14)15-8-5-3-1-2-4-6-9-16(23-21(29)30)20(28)25-13-7-10-17(25)19(27)22-15/h3,5,14-17,23H,1-2,4,6-13H2,(H,22,27)(H,24,26)(H,29,30)/b5-3-/t15?,16-,17?,32?/m0/s1. The van der Waals surface area contributed by atoms with Crippen molar-refractivity contribution < 1.29 is 28.5 Å². The van der Waals surface area contributed by atoms with Crippen LogP contribution in [0.25, 0.3) is 0 Å². The van der Waals surface area contributed by atoms with Crippen LogP contribution in [0.5, 0.6) is 0 Å². The third-order valence-corrected chi connectivity index (χ3v) is 7.48. The number of fused-ring (bicyclic) bond motifs is 1. The molecular weight excluding hydrogens is 436 g/mol. The molecule has 4 amide bonds. The zero-order valence-electron chi connectivity index (χ0n) is 18.1. The van der Waals surface area contributed by atoms with Crippen molar-refractivity contribution in [2.75, 3.05) is 6.54 Å². The number of nitrogens with one attached hydrogen (secondary N) is 3. The van der Waals surface area contributed by atoms with Gasteiger partial charge in [0, 0.05) is 6.54 Å². The fraction of sp³-hybridized carbons (Fsp3) is 0.714. The van der Waals surface area contributed by atoms with Crippen LogP contribution in [0.4, 0.5) is 4.79 Å². The highest BCUT2D eigenvalue weighted by Gasteiger charge is 2.39. The van der Waals surface area contributed by atoms with Gasteiger partial charge in [0.25, 0.3) is 5.91 Å². The molecule has 1 saturated carbocycles. The number of allylic oxidation sites excluding steroid dienone is 1. The molecule has 0 spiro atoms. The van der Waals surface area contributed by atoms with Crippen molar-refractivity contribution in [1.82, 2.24) is 20.3 Å². The average molecular weight is 469 g/mol. The molecule has 0 aromatic heterocycles. The molecule has 1 saturated heterocycles. The van der Waals surface area contributed by atoms with Crippen LogP contribution in [-0.4, -0.2) is 68.0 Å². The van der Waals surface area contributed by atoms with Gasteiger partial charge in [0.15, 0.2) is 0 Å². The first-order chi connectivity index (χ1) is 15.4. The summed E-state index contributed by atoms with van der Waals surface area (Å²) in [6.45, 7) is 0.358. The maximum atomic E-state index is 13.1. The van der Waals surface area contributed by atoms with Crippen molar-refractivity contribution in [2.45, 2.75) is 87.6 Å². The number of rotatable bonds is 4. The van der Waals surface area contributed by atoms with E-state index in [1.807, 2.05) is 12.2 Å². The van der Waals surface area contributed by atoms with Crippen molar-refractivity contribution in [3.63, 3.8) is 0 Å². The van der Waals surface area contributed by atoms with Crippen LogP contribution in [0.3, 0.4) is 0 Å². The zero-order valence-corrected chi connectivity index (χ0v) is 18.9. The van der Waals surface area contributed by atoms with Crippen molar-refractivity contribution in [1.29, 1.82) is 0 Å². The summed E-state index contributed by atoms with van der Waals surface area (Å²) in [6, 6.07) is -2.56. The molecule has 3 unspecified atom stereocenters. The average Bonchev–Trinajstić information content (AvgIpc) is 3.49. The van der Waals surface area contributed by atoms with E-state index < -0.39 is 52.9 Å². The van der Waals surface area contributed by atoms with Crippen LogP contribution in [0.1, 0.15) is 64.2 Å². The van der Waals surface area contributed by atoms with Crippen molar-refractivity contribution in [3.05, 3.63) is 12.2 Å². The van der Waals surface area contributed by atoms with Gasteiger partial charge in [-0.2, -0.15) is 0 Å². The Morgan fingerprint density at radius 1 is 1.06 bits per heavy atom. The quantitative estimate of drug-likeness (QED) is 0.452. The normalized spacial score (nSPS) is 29.6. The monoisotopic (exact) mass is 468 g/mol. The van der Waals surface area contributed by atoms with Crippen molar-refractivity contribution in [3.8, 4) is 0 Å². The molecule has 3 aliphatic rings. The van der Waals surface area contributed by atoms with Crippen molar-refractivity contribution >= 4 is 34.8 Å². The Balaban J connectivity index is 1.75. The van der Waals surface area contributed by atoms with Gasteiger partial charge in [0.05, 0.1) is 5.25 Å². The number of carboxylic acid groups (broad SMARTS) is 1. The Morgan fingerprint density at radius 2 is 1.84 bits per heavy atom. The topological polar surface area (TPSA) is 145 Å². The van der Waals surface area contributed by atoms with Gasteiger partial charge >= 0.3 is 6.09 Å². The fourth-order valence-corrected chi connectivity index (χ4v) is 5.15. The third kappa shape index (κ3) is 6.78. The van der Waals surface area contributed by atoms with Gasteiger partial charge in [-0.25, -0.2) is 9.00 Å². The number of hydrogen-bond acceptors (Lipinski definition) is 5. The number of hydrogen-bond donors (Lipinski definition) is 4. The van der Waals surface area contributed by atoms with Gasteiger partial charge < -0.3 is 20.6 Å². The summed E-state index contributed by atoms with van der Waals surface area (Å²) in [6.07, 6.45) is 9.01. The minimum atomic E-state index is -1.46. The van der Waals surface area contributed by atoms with Crippen LogP contribution in [0.2, 0.25) is 0 Å². The summed E-state index contributed by atoms with van der Waals surface area (Å²) in [5, 5.41) is 14.2. The molecule has 3 rings (SSSR count). The van der Waals surface area contributed by atoms with Crippen LogP contribution in [0.15, 0.2) is 12.2 Å².